The minimum atomic E-state index is -0.819. The fraction of sp³-hybridized carbons (Fsp3) is 0.900. The maximum absolute atomic E-state index is 12.9. The Balaban J connectivity index is 2.10. The summed E-state index contributed by atoms with van der Waals surface area (Å²) >= 11 is 0. The summed E-state index contributed by atoms with van der Waals surface area (Å²) in [5, 5.41) is 9.65. The number of carboxylic acid groups (broad SMARTS) is 1. The lowest BCUT2D eigenvalue weighted by Crippen LogP contribution is -2.43. The van der Waals surface area contributed by atoms with Crippen molar-refractivity contribution in [2.75, 3.05) is 0 Å². The van der Waals surface area contributed by atoms with Crippen molar-refractivity contribution >= 4 is 11.9 Å². The Hall–Kier alpha value is -1.06. The van der Waals surface area contributed by atoms with Gasteiger partial charge >= 0.3 is 11.9 Å². The maximum Gasteiger partial charge on any atom is 0.310 e. The van der Waals surface area contributed by atoms with Crippen LogP contribution in [0.2, 0.25) is 0 Å². The highest BCUT2D eigenvalue weighted by atomic mass is 16.6. The molecule has 4 heteroatoms. The van der Waals surface area contributed by atoms with Crippen molar-refractivity contribution in [3.8, 4) is 0 Å². The first-order valence-electron chi connectivity index (χ1n) is 9.84. The number of carbonyl (C=O) groups is 2. The molecule has 0 aromatic rings. The zero-order valence-electron chi connectivity index (χ0n) is 15.7. The van der Waals surface area contributed by atoms with Gasteiger partial charge in [0.05, 0.1) is 11.8 Å². The SMILES string of the molecule is CCCCCC(CC)(CC)OC(=O)C1C2CC(C)C(C2)C1C(=O)O. The molecule has 2 bridgehead atoms. The minimum Gasteiger partial charge on any atom is -0.481 e. The third-order valence-corrected chi connectivity index (χ3v) is 6.74. The highest BCUT2D eigenvalue weighted by Crippen LogP contribution is 2.56. The third kappa shape index (κ3) is 3.62. The average molecular weight is 338 g/mol. The van der Waals surface area contributed by atoms with Gasteiger partial charge in [-0.1, -0.05) is 40.5 Å². The zero-order chi connectivity index (χ0) is 17.9. The molecule has 2 saturated carbocycles. The molecule has 5 unspecified atom stereocenters. The smallest absolute Gasteiger partial charge is 0.310 e. The summed E-state index contributed by atoms with van der Waals surface area (Å²) in [6, 6.07) is 0. The van der Waals surface area contributed by atoms with Gasteiger partial charge in [0.2, 0.25) is 0 Å². The summed E-state index contributed by atoms with van der Waals surface area (Å²) in [6.45, 7) is 8.43. The largest absolute Gasteiger partial charge is 0.481 e. The molecule has 4 nitrogen and oxygen atoms in total. The molecule has 0 saturated heterocycles. The molecule has 0 spiro atoms. The third-order valence-electron chi connectivity index (χ3n) is 6.74. The van der Waals surface area contributed by atoms with Gasteiger partial charge in [0.25, 0.3) is 0 Å². The number of carbonyl (C=O) groups excluding carboxylic acids is 1. The average Bonchev–Trinajstić information content (AvgIpc) is 3.10. The Morgan fingerprint density at radius 3 is 2.29 bits per heavy atom. The van der Waals surface area contributed by atoms with Gasteiger partial charge in [0.1, 0.15) is 5.60 Å². The maximum atomic E-state index is 12.9. The van der Waals surface area contributed by atoms with Crippen LogP contribution in [0.3, 0.4) is 0 Å². The quantitative estimate of drug-likeness (QED) is 0.490. The number of unbranched alkanes of at least 4 members (excludes halogenated alkanes) is 2. The molecule has 0 heterocycles. The molecule has 24 heavy (non-hydrogen) atoms. The van der Waals surface area contributed by atoms with Gasteiger partial charge in [0, 0.05) is 0 Å². The molecule has 138 valence electrons. The molecule has 1 N–H and O–H groups in total. The number of esters is 1. The van der Waals surface area contributed by atoms with E-state index in [9.17, 15) is 14.7 Å². The number of ether oxygens (including phenoxy) is 1. The van der Waals surface area contributed by atoms with Crippen molar-refractivity contribution in [3.05, 3.63) is 0 Å². The topological polar surface area (TPSA) is 63.6 Å². The van der Waals surface area contributed by atoms with Crippen molar-refractivity contribution < 1.29 is 19.4 Å². The van der Waals surface area contributed by atoms with E-state index >= 15 is 0 Å². The second-order valence-electron chi connectivity index (χ2n) is 8.03. The van der Waals surface area contributed by atoms with E-state index in [1.807, 2.05) is 0 Å². The number of hydrogen-bond donors (Lipinski definition) is 1. The molecule has 5 atom stereocenters. The Morgan fingerprint density at radius 1 is 1.08 bits per heavy atom. The lowest BCUT2D eigenvalue weighted by molar-refractivity contribution is -0.175. The highest BCUT2D eigenvalue weighted by molar-refractivity contribution is 5.83. The van der Waals surface area contributed by atoms with Crippen molar-refractivity contribution in [2.45, 2.75) is 84.7 Å². The fourth-order valence-corrected chi connectivity index (χ4v) is 5.14. The fourth-order valence-electron chi connectivity index (χ4n) is 5.14. The molecule has 0 aromatic carbocycles. The van der Waals surface area contributed by atoms with Crippen LogP contribution in [0.1, 0.15) is 79.1 Å². The predicted octanol–water partition coefficient (Wildman–Crippen LogP) is 4.66. The summed E-state index contributed by atoms with van der Waals surface area (Å²) in [6.07, 6.45) is 7.66. The van der Waals surface area contributed by atoms with E-state index in [0.717, 1.165) is 51.4 Å². The molecule has 0 radical (unpaired) electrons. The summed E-state index contributed by atoms with van der Waals surface area (Å²) < 4.78 is 6.03. The van der Waals surface area contributed by atoms with E-state index in [4.69, 9.17) is 4.74 Å². The summed E-state index contributed by atoms with van der Waals surface area (Å²) in [5.41, 5.74) is -0.414. The van der Waals surface area contributed by atoms with Crippen LogP contribution >= 0.6 is 0 Å². The van der Waals surface area contributed by atoms with Crippen molar-refractivity contribution in [1.29, 1.82) is 0 Å². The van der Waals surface area contributed by atoms with Gasteiger partial charge in [-0.25, -0.2) is 0 Å². The van der Waals surface area contributed by atoms with Crippen LogP contribution in [0.15, 0.2) is 0 Å². The molecule has 2 fully saturated rings. The molecule has 0 amide bonds. The van der Waals surface area contributed by atoms with Crippen LogP contribution in [0.5, 0.6) is 0 Å². The number of hydrogen-bond acceptors (Lipinski definition) is 3. The zero-order valence-corrected chi connectivity index (χ0v) is 15.7. The monoisotopic (exact) mass is 338 g/mol. The number of carboxylic acids is 1. The molecule has 2 aliphatic carbocycles. The van der Waals surface area contributed by atoms with Crippen LogP contribution in [0.4, 0.5) is 0 Å². The van der Waals surface area contributed by atoms with Gasteiger partial charge in [-0.3, -0.25) is 9.59 Å². The van der Waals surface area contributed by atoms with E-state index in [2.05, 4.69) is 27.7 Å². The van der Waals surface area contributed by atoms with E-state index in [-0.39, 0.29) is 17.8 Å². The highest BCUT2D eigenvalue weighted by Gasteiger charge is 2.58. The van der Waals surface area contributed by atoms with Crippen LogP contribution < -0.4 is 0 Å². The standard InChI is InChI=1S/C20H34O4/c1-5-8-9-10-20(6-2,7-3)24-19(23)16-14-11-13(4)15(12-14)17(16)18(21)22/h13-17H,5-12H2,1-4H3,(H,21,22). The second-order valence-corrected chi connectivity index (χ2v) is 8.03. The van der Waals surface area contributed by atoms with Crippen molar-refractivity contribution in [1.82, 2.24) is 0 Å². The van der Waals surface area contributed by atoms with Gasteiger partial charge in [-0.15, -0.1) is 0 Å². The van der Waals surface area contributed by atoms with Gasteiger partial charge in [-0.2, -0.15) is 0 Å². The van der Waals surface area contributed by atoms with Gasteiger partial charge < -0.3 is 9.84 Å². The van der Waals surface area contributed by atoms with Gasteiger partial charge in [-0.05, 0) is 56.3 Å². The van der Waals surface area contributed by atoms with Crippen LogP contribution in [0, 0.1) is 29.6 Å². The Bertz CT molecular complexity index is 455. The minimum absolute atomic E-state index is 0.141. The van der Waals surface area contributed by atoms with Crippen molar-refractivity contribution in [3.63, 3.8) is 0 Å². The second kappa shape index (κ2) is 7.88. The lowest BCUT2D eigenvalue weighted by Gasteiger charge is -2.36. The molecule has 2 rings (SSSR count). The van der Waals surface area contributed by atoms with Gasteiger partial charge in [0.15, 0.2) is 0 Å². The first kappa shape index (κ1) is 19.3. The summed E-state index contributed by atoms with van der Waals surface area (Å²) in [4.78, 5) is 24.7. The van der Waals surface area contributed by atoms with E-state index in [1.54, 1.807) is 0 Å². The number of fused-ring (bicyclic) bond motifs is 2. The van der Waals surface area contributed by atoms with Crippen LogP contribution in [0.25, 0.3) is 0 Å². The summed E-state index contributed by atoms with van der Waals surface area (Å²) in [5.74, 6) is -1.31. The van der Waals surface area contributed by atoms with E-state index < -0.39 is 23.4 Å². The van der Waals surface area contributed by atoms with E-state index in [0.29, 0.717) is 5.92 Å². The first-order valence-corrected chi connectivity index (χ1v) is 9.84. The molecule has 0 aliphatic heterocycles. The Morgan fingerprint density at radius 2 is 1.75 bits per heavy atom. The van der Waals surface area contributed by atoms with Crippen LogP contribution in [-0.4, -0.2) is 22.6 Å². The summed E-state index contributed by atoms with van der Waals surface area (Å²) in [7, 11) is 0. The molecule has 2 aliphatic rings. The van der Waals surface area contributed by atoms with Crippen LogP contribution in [-0.2, 0) is 14.3 Å². The normalized spacial score (nSPS) is 32.1. The Labute approximate surface area is 146 Å². The molecular weight excluding hydrogens is 304 g/mol. The number of rotatable bonds is 9. The first-order chi connectivity index (χ1) is 11.4. The number of aliphatic carboxylic acids is 1. The predicted molar refractivity (Wildman–Crippen MR) is 93.5 cm³/mol. The van der Waals surface area contributed by atoms with E-state index in [1.165, 1.54) is 0 Å². The lowest BCUT2D eigenvalue weighted by atomic mass is 9.74. The van der Waals surface area contributed by atoms with Crippen molar-refractivity contribution in [2.24, 2.45) is 29.6 Å². The molecule has 0 aromatic heterocycles. The molecular formula is C20H34O4. The Kier molecular flexibility index (Phi) is 6.33.